The Morgan fingerprint density at radius 3 is 0.776 bits per heavy atom. The third-order valence-electron chi connectivity index (χ3n) is 7.01. The highest BCUT2D eigenvalue weighted by atomic mass is 19.4. The second-order valence-corrected chi connectivity index (χ2v) is 10.6. The minimum atomic E-state index is -9.57. The Balaban J connectivity index is 6.50. The van der Waals surface area contributed by atoms with E-state index in [1.807, 2.05) is 0 Å². The zero-order chi connectivity index (χ0) is 39.8. The zero-order valence-electron chi connectivity index (χ0n) is 23.8. The molecule has 0 rings (SSSR count). The van der Waals surface area contributed by atoms with Crippen molar-refractivity contribution in [2.24, 2.45) is 0 Å². The highest BCUT2D eigenvalue weighted by molar-refractivity contribution is 5.19. The molecule has 0 aliphatic heterocycles. The van der Waals surface area contributed by atoms with Gasteiger partial charge >= 0.3 is 71.3 Å². The molecular formula is C24H23F25. The molecule has 0 radical (unpaired) electrons. The van der Waals surface area contributed by atoms with E-state index < -0.39 is 90.6 Å². The van der Waals surface area contributed by atoms with Gasteiger partial charge in [-0.1, -0.05) is 44.6 Å². The fourth-order valence-electron chi connectivity index (χ4n) is 3.84. The van der Waals surface area contributed by atoms with E-state index in [1.165, 1.54) is 0 Å². The van der Waals surface area contributed by atoms with Crippen LogP contribution in [-0.2, 0) is 0 Å². The van der Waals surface area contributed by atoms with Crippen molar-refractivity contribution in [3.05, 3.63) is 12.7 Å². The SMILES string of the molecule is C=CCCCCCCCCCCC(F)(F)C(F)(F)C(F)(F)C(F)(F)C(F)(F)C(F)(F)C(F)(F)C(F)(F)C(F)(F)C(F)(F)C(F)(F)C(F)(F)F. The van der Waals surface area contributed by atoms with Crippen molar-refractivity contribution >= 4 is 0 Å². The molecule has 0 atom stereocenters. The number of hydrogen-bond acceptors (Lipinski definition) is 0. The topological polar surface area (TPSA) is 0 Å². The van der Waals surface area contributed by atoms with E-state index in [4.69, 9.17) is 0 Å². The summed E-state index contributed by atoms with van der Waals surface area (Å²) < 4.78 is 337. The Labute approximate surface area is 259 Å². The molecule has 294 valence electrons. The summed E-state index contributed by atoms with van der Waals surface area (Å²) in [6, 6.07) is 0. The highest BCUT2D eigenvalue weighted by Crippen LogP contribution is 2.67. The molecule has 0 saturated heterocycles. The fraction of sp³-hybridized carbons (Fsp3) is 0.917. The first kappa shape index (κ1) is 47.0. The molecule has 0 N–H and O–H groups in total. The van der Waals surface area contributed by atoms with Crippen LogP contribution in [0.5, 0.6) is 0 Å². The summed E-state index contributed by atoms with van der Waals surface area (Å²) in [4.78, 5) is 0. The molecule has 0 unspecified atom stereocenters. The molecule has 0 spiro atoms. The van der Waals surface area contributed by atoms with Crippen LogP contribution in [0, 0.1) is 0 Å². The van der Waals surface area contributed by atoms with E-state index in [0.717, 1.165) is 0 Å². The first-order valence-corrected chi connectivity index (χ1v) is 13.1. The van der Waals surface area contributed by atoms with Crippen molar-refractivity contribution in [2.75, 3.05) is 0 Å². The minimum Gasteiger partial charge on any atom is -0.200 e. The van der Waals surface area contributed by atoms with Crippen molar-refractivity contribution < 1.29 is 110 Å². The lowest BCUT2D eigenvalue weighted by atomic mass is 9.84. The van der Waals surface area contributed by atoms with Crippen LogP contribution in [-0.4, -0.2) is 71.3 Å². The van der Waals surface area contributed by atoms with Crippen LogP contribution < -0.4 is 0 Å². The maximum absolute atomic E-state index is 14.0. The largest absolute Gasteiger partial charge is 0.460 e. The molecule has 0 heterocycles. The minimum absolute atomic E-state index is 0.123. The molecule has 0 aliphatic carbocycles. The van der Waals surface area contributed by atoms with Crippen molar-refractivity contribution in [1.82, 2.24) is 0 Å². The second kappa shape index (κ2) is 14.2. The van der Waals surface area contributed by atoms with Gasteiger partial charge in [0, 0.05) is 6.42 Å². The van der Waals surface area contributed by atoms with Gasteiger partial charge < -0.3 is 0 Å². The molecule has 0 bridgehead atoms. The maximum atomic E-state index is 14.0. The molecule has 0 aromatic carbocycles. The third kappa shape index (κ3) is 7.36. The Kier molecular flexibility index (Phi) is 13.6. The van der Waals surface area contributed by atoms with Crippen molar-refractivity contribution in [1.29, 1.82) is 0 Å². The van der Waals surface area contributed by atoms with Crippen LogP contribution in [0.1, 0.15) is 64.2 Å². The Hall–Kier alpha value is -2.01. The van der Waals surface area contributed by atoms with Crippen molar-refractivity contribution in [3.8, 4) is 0 Å². The van der Waals surface area contributed by atoms with Gasteiger partial charge in [-0.25, -0.2) is 0 Å². The molecule has 0 saturated carbocycles. The van der Waals surface area contributed by atoms with Crippen LogP contribution in [0.15, 0.2) is 12.7 Å². The number of unbranched alkanes of at least 4 members (excludes halogenated alkanes) is 8. The summed E-state index contributed by atoms with van der Waals surface area (Å²) in [5.41, 5.74) is 0. The van der Waals surface area contributed by atoms with E-state index >= 15 is 0 Å². The summed E-state index contributed by atoms with van der Waals surface area (Å²) in [6.07, 6.45) is -8.14. The Morgan fingerprint density at radius 2 is 0.510 bits per heavy atom. The average molecular weight is 786 g/mol. The average Bonchev–Trinajstić information content (AvgIpc) is 2.92. The van der Waals surface area contributed by atoms with E-state index in [2.05, 4.69) is 6.58 Å². The Bertz CT molecular complexity index is 1080. The number of hydrogen-bond donors (Lipinski definition) is 0. The molecule has 0 fully saturated rings. The van der Waals surface area contributed by atoms with Crippen molar-refractivity contribution in [2.45, 2.75) is 136 Å². The lowest BCUT2D eigenvalue weighted by Crippen LogP contribution is -2.78. The van der Waals surface area contributed by atoms with E-state index in [-0.39, 0.29) is 12.8 Å². The Morgan fingerprint density at radius 1 is 0.286 bits per heavy atom. The van der Waals surface area contributed by atoms with Gasteiger partial charge in [-0.2, -0.15) is 110 Å². The summed E-state index contributed by atoms with van der Waals surface area (Å²) in [7, 11) is 0. The summed E-state index contributed by atoms with van der Waals surface area (Å²) in [5, 5.41) is 0. The number of allylic oxidation sites excluding steroid dienone is 1. The van der Waals surface area contributed by atoms with Gasteiger partial charge in [0.1, 0.15) is 0 Å². The molecule has 0 aromatic heterocycles. The monoisotopic (exact) mass is 786 g/mol. The van der Waals surface area contributed by atoms with Crippen LogP contribution >= 0.6 is 0 Å². The van der Waals surface area contributed by atoms with Gasteiger partial charge in [0.05, 0.1) is 0 Å². The molecule has 0 amide bonds. The normalized spacial score (nSPS) is 15.9. The maximum Gasteiger partial charge on any atom is 0.460 e. The molecular weight excluding hydrogens is 763 g/mol. The van der Waals surface area contributed by atoms with Gasteiger partial charge in [0.15, 0.2) is 0 Å². The number of alkyl halides is 25. The van der Waals surface area contributed by atoms with Crippen molar-refractivity contribution in [3.63, 3.8) is 0 Å². The van der Waals surface area contributed by atoms with Crippen LogP contribution in [0.3, 0.4) is 0 Å². The standard InChI is InChI=1S/C24H23F25/c1-2-3-4-5-6-7-8-9-10-11-12-13(25,26)14(27,28)15(29,30)16(31,32)17(33,34)18(35,36)19(37,38)20(39,40)21(41,42)22(43,44)23(45,46)24(47,48)49/h2H,1,3-12H2. The van der Waals surface area contributed by atoms with Crippen LogP contribution in [0.2, 0.25) is 0 Å². The summed E-state index contributed by atoms with van der Waals surface area (Å²) in [6.45, 7) is 3.43. The number of halogens is 25. The third-order valence-corrected chi connectivity index (χ3v) is 7.01. The molecule has 49 heavy (non-hydrogen) atoms. The smallest absolute Gasteiger partial charge is 0.200 e. The highest BCUT2D eigenvalue weighted by Gasteiger charge is 2.99. The quantitative estimate of drug-likeness (QED) is 0.0618. The second-order valence-electron chi connectivity index (χ2n) is 10.6. The predicted octanol–water partition coefficient (Wildman–Crippen LogP) is 12.6. The molecule has 0 aliphatic rings. The van der Waals surface area contributed by atoms with E-state index in [0.29, 0.717) is 32.1 Å². The van der Waals surface area contributed by atoms with Gasteiger partial charge in [-0.3, -0.25) is 0 Å². The van der Waals surface area contributed by atoms with Crippen LogP contribution in [0.4, 0.5) is 110 Å². The molecule has 0 nitrogen and oxygen atoms in total. The lowest BCUT2D eigenvalue weighted by molar-refractivity contribution is -0.482. The van der Waals surface area contributed by atoms with Gasteiger partial charge in [-0.05, 0) is 19.3 Å². The molecule has 25 heteroatoms. The zero-order valence-corrected chi connectivity index (χ0v) is 23.8. The predicted molar refractivity (Wildman–Crippen MR) is 117 cm³/mol. The van der Waals surface area contributed by atoms with Gasteiger partial charge in [0.25, 0.3) is 0 Å². The fourth-order valence-corrected chi connectivity index (χ4v) is 3.84. The van der Waals surface area contributed by atoms with E-state index in [1.54, 1.807) is 6.08 Å². The van der Waals surface area contributed by atoms with Gasteiger partial charge in [-0.15, -0.1) is 6.58 Å². The lowest BCUT2D eigenvalue weighted by Gasteiger charge is -2.45. The number of rotatable bonds is 21. The van der Waals surface area contributed by atoms with Crippen LogP contribution in [0.25, 0.3) is 0 Å². The van der Waals surface area contributed by atoms with Gasteiger partial charge in [0.2, 0.25) is 0 Å². The van der Waals surface area contributed by atoms with E-state index in [9.17, 15) is 110 Å². The first-order valence-electron chi connectivity index (χ1n) is 13.1. The first-order chi connectivity index (χ1) is 21.3. The molecule has 0 aromatic rings. The summed E-state index contributed by atoms with van der Waals surface area (Å²) >= 11 is 0. The summed E-state index contributed by atoms with van der Waals surface area (Å²) in [5.74, 6) is -97.7.